The van der Waals surface area contributed by atoms with E-state index in [2.05, 4.69) is 9.97 Å². The maximum atomic E-state index is 13.5. The highest BCUT2D eigenvalue weighted by atomic mass is 35.5. The van der Waals surface area contributed by atoms with E-state index >= 15 is 0 Å². The molecule has 1 aromatic heterocycles. The number of hydrogen-bond donors (Lipinski definition) is 0. The number of hydrogen-bond acceptors (Lipinski definition) is 5. The molecule has 9 heteroatoms. The summed E-state index contributed by atoms with van der Waals surface area (Å²) in [6.45, 7) is 0. The predicted molar refractivity (Wildman–Crippen MR) is 64.2 cm³/mol. The highest BCUT2D eigenvalue weighted by molar-refractivity contribution is 7.99. The van der Waals surface area contributed by atoms with Crippen LogP contribution in [0.2, 0.25) is 5.15 Å². The molecule has 98 valence electrons. The first-order valence-corrected chi connectivity index (χ1v) is 5.96. The van der Waals surface area contributed by atoms with Crippen molar-refractivity contribution in [2.45, 2.75) is 9.92 Å². The molecule has 5 nitrogen and oxygen atoms in total. The lowest BCUT2D eigenvalue weighted by Crippen LogP contribution is -1.97. The fourth-order valence-electron chi connectivity index (χ4n) is 1.23. The third kappa shape index (κ3) is 2.96. The van der Waals surface area contributed by atoms with E-state index in [0.29, 0.717) is 11.8 Å². The summed E-state index contributed by atoms with van der Waals surface area (Å²) in [5.41, 5.74) is -0.544. The first-order chi connectivity index (χ1) is 8.99. The van der Waals surface area contributed by atoms with Crippen molar-refractivity contribution in [2.75, 3.05) is 0 Å². The van der Waals surface area contributed by atoms with Crippen LogP contribution in [0.4, 0.5) is 14.5 Å². The summed E-state index contributed by atoms with van der Waals surface area (Å²) >= 11 is 6.19. The predicted octanol–water partition coefficient (Wildman–Crippen LogP) is 3.47. The Labute approximate surface area is 114 Å². The number of benzene rings is 1. The fraction of sp³-hybridized carbons (Fsp3) is 0. The zero-order valence-corrected chi connectivity index (χ0v) is 10.6. The minimum absolute atomic E-state index is 0.127. The van der Waals surface area contributed by atoms with Gasteiger partial charge in [0.05, 0.1) is 9.82 Å². The van der Waals surface area contributed by atoms with Gasteiger partial charge in [-0.25, -0.2) is 18.7 Å². The molecular weight excluding hydrogens is 300 g/mol. The Kier molecular flexibility index (Phi) is 3.91. The molecule has 0 radical (unpaired) electrons. The lowest BCUT2D eigenvalue weighted by Gasteiger charge is -2.03. The molecule has 0 unspecified atom stereocenters. The van der Waals surface area contributed by atoms with Crippen LogP contribution in [-0.2, 0) is 0 Å². The van der Waals surface area contributed by atoms with Crippen LogP contribution in [0, 0.1) is 21.7 Å². The maximum Gasteiger partial charge on any atom is 0.338 e. The number of rotatable bonds is 3. The molecule has 0 atom stereocenters. The minimum atomic E-state index is -0.776. The van der Waals surface area contributed by atoms with Gasteiger partial charge in [-0.1, -0.05) is 23.4 Å². The lowest BCUT2D eigenvalue weighted by molar-refractivity contribution is -0.388. The molecule has 1 heterocycles. The first kappa shape index (κ1) is 13.6. The summed E-state index contributed by atoms with van der Waals surface area (Å²) in [5.74, 6) is -1.37. The highest BCUT2D eigenvalue weighted by Gasteiger charge is 2.23. The fourth-order valence-corrected chi connectivity index (χ4v) is 2.40. The van der Waals surface area contributed by atoms with Crippen LogP contribution in [0.5, 0.6) is 0 Å². The third-order valence-electron chi connectivity index (χ3n) is 2.03. The van der Waals surface area contributed by atoms with Crippen LogP contribution in [0.3, 0.4) is 0 Å². The first-order valence-electron chi connectivity index (χ1n) is 4.77. The van der Waals surface area contributed by atoms with Gasteiger partial charge in [0.25, 0.3) is 0 Å². The molecule has 2 rings (SSSR count). The SMILES string of the molecule is O=[N+]([O-])c1c(Cl)ncnc1Sc1cc(F)ccc1F. The molecule has 0 N–H and O–H groups in total. The number of nitro groups is 1. The van der Waals surface area contributed by atoms with Gasteiger partial charge in [0.15, 0.2) is 5.03 Å². The van der Waals surface area contributed by atoms with Crippen LogP contribution in [0.15, 0.2) is 34.4 Å². The second kappa shape index (κ2) is 5.45. The molecule has 0 fully saturated rings. The van der Waals surface area contributed by atoms with Crippen molar-refractivity contribution < 1.29 is 13.7 Å². The molecule has 0 saturated heterocycles. The third-order valence-corrected chi connectivity index (χ3v) is 3.33. The topological polar surface area (TPSA) is 68.9 Å². The van der Waals surface area contributed by atoms with Gasteiger partial charge in [-0.05, 0) is 18.2 Å². The Morgan fingerprint density at radius 2 is 2.05 bits per heavy atom. The zero-order chi connectivity index (χ0) is 14.0. The summed E-state index contributed by atoms with van der Waals surface area (Å²) in [6, 6.07) is 2.78. The van der Waals surface area contributed by atoms with Crippen molar-refractivity contribution in [3.05, 3.63) is 51.4 Å². The Balaban J connectivity index is 2.46. The summed E-state index contributed by atoms with van der Waals surface area (Å²) in [7, 11) is 0. The zero-order valence-electron chi connectivity index (χ0n) is 9.01. The second-order valence-corrected chi connectivity index (χ2v) is 4.64. The normalized spacial score (nSPS) is 10.5. The van der Waals surface area contributed by atoms with Crippen molar-refractivity contribution in [3.8, 4) is 0 Å². The monoisotopic (exact) mass is 303 g/mol. The number of halogens is 3. The largest absolute Gasteiger partial charge is 0.338 e. The van der Waals surface area contributed by atoms with Gasteiger partial charge < -0.3 is 0 Å². The molecule has 0 amide bonds. The number of aromatic nitrogens is 2. The minimum Gasteiger partial charge on any atom is -0.258 e. The van der Waals surface area contributed by atoms with Gasteiger partial charge in [-0.3, -0.25) is 10.1 Å². The van der Waals surface area contributed by atoms with Gasteiger partial charge >= 0.3 is 5.69 Å². The van der Waals surface area contributed by atoms with Crippen LogP contribution >= 0.6 is 23.4 Å². The Morgan fingerprint density at radius 3 is 2.74 bits per heavy atom. The van der Waals surface area contributed by atoms with E-state index in [4.69, 9.17) is 11.6 Å². The van der Waals surface area contributed by atoms with Gasteiger partial charge in [-0.15, -0.1) is 0 Å². The molecule has 0 bridgehead atoms. The molecule has 2 aromatic rings. The Bertz CT molecular complexity index is 657. The molecular formula is C10H4ClF2N3O2S. The van der Waals surface area contributed by atoms with Gasteiger partial charge in [0.2, 0.25) is 5.15 Å². The standard InChI is InChI=1S/C10H4ClF2N3O2S/c11-9-8(16(17)18)10(15-4-14-9)19-7-3-5(12)1-2-6(7)13/h1-4H. The maximum absolute atomic E-state index is 13.5. The Morgan fingerprint density at radius 1 is 1.32 bits per heavy atom. The van der Waals surface area contributed by atoms with Gasteiger partial charge in [0.1, 0.15) is 18.0 Å². The van der Waals surface area contributed by atoms with Crippen molar-refractivity contribution in [3.63, 3.8) is 0 Å². The molecule has 19 heavy (non-hydrogen) atoms. The van der Waals surface area contributed by atoms with Crippen molar-refractivity contribution in [2.24, 2.45) is 0 Å². The van der Waals surface area contributed by atoms with E-state index < -0.39 is 22.2 Å². The second-order valence-electron chi connectivity index (χ2n) is 3.25. The van der Waals surface area contributed by atoms with E-state index in [1.807, 2.05) is 0 Å². The van der Waals surface area contributed by atoms with Crippen molar-refractivity contribution in [1.82, 2.24) is 9.97 Å². The molecule has 0 saturated carbocycles. The summed E-state index contributed by atoms with van der Waals surface area (Å²) in [5, 5.41) is 10.3. The summed E-state index contributed by atoms with van der Waals surface area (Å²) in [6.07, 6.45) is 1.01. The van der Waals surface area contributed by atoms with Crippen LogP contribution < -0.4 is 0 Å². The summed E-state index contributed by atoms with van der Waals surface area (Å²) in [4.78, 5) is 17.1. The lowest BCUT2D eigenvalue weighted by atomic mass is 10.3. The smallest absolute Gasteiger partial charge is 0.258 e. The molecule has 1 aromatic carbocycles. The molecule has 0 aliphatic carbocycles. The quantitative estimate of drug-likeness (QED) is 0.493. The Hall–Kier alpha value is -1.80. The van der Waals surface area contributed by atoms with Crippen molar-refractivity contribution >= 4 is 29.1 Å². The van der Waals surface area contributed by atoms with Gasteiger partial charge in [-0.2, -0.15) is 0 Å². The van der Waals surface area contributed by atoms with Crippen LogP contribution in [-0.4, -0.2) is 14.9 Å². The van der Waals surface area contributed by atoms with E-state index in [9.17, 15) is 18.9 Å². The van der Waals surface area contributed by atoms with E-state index in [1.165, 1.54) is 0 Å². The average molecular weight is 304 g/mol. The molecule has 0 aliphatic rings. The van der Waals surface area contributed by atoms with Crippen LogP contribution in [0.1, 0.15) is 0 Å². The van der Waals surface area contributed by atoms with E-state index in [1.54, 1.807) is 0 Å². The van der Waals surface area contributed by atoms with E-state index in [-0.39, 0.29) is 15.1 Å². The molecule has 0 aliphatic heterocycles. The van der Waals surface area contributed by atoms with E-state index in [0.717, 1.165) is 24.5 Å². The van der Waals surface area contributed by atoms with Crippen molar-refractivity contribution in [1.29, 1.82) is 0 Å². The summed E-state index contributed by atoms with van der Waals surface area (Å²) < 4.78 is 26.5. The average Bonchev–Trinajstić information content (AvgIpc) is 2.33. The molecule has 0 spiro atoms. The van der Waals surface area contributed by atoms with Crippen LogP contribution in [0.25, 0.3) is 0 Å². The van der Waals surface area contributed by atoms with Gasteiger partial charge in [0, 0.05) is 0 Å². The number of nitrogens with zero attached hydrogens (tertiary/aromatic N) is 3. The highest BCUT2D eigenvalue weighted by Crippen LogP contribution is 2.37.